The lowest BCUT2D eigenvalue weighted by Gasteiger charge is -2.26. The van der Waals surface area contributed by atoms with Gasteiger partial charge in [-0.25, -0.2) is 0 Å². The fraction of sp³-hybridized carbons (Fsp3) is 0.909. The molecular formula is C22H44N2O4S2. The SMILES string of the molecule is CCCCCCCCC(N)(CSSCC(N)(CCCCCCCC)C(=O)O)C(=O)O. The molecule has 0 aromatic heterocycles. The third-order valence-electron chi connectivity index (χ3n) is 5.52. The van der Waals surface area contributed by atoms with E-state index < -0.39 is 23.0 Å². The molecule has 178 valence electrons. The van der Waals surface area contributed by atoms with E-state index in [1.165, 1.54) is 60.1 Å². The van der Waals surface area contributed by atoms with Crippen molar-refractivity contribution in [1.29, 1.82) is 0 Å². The van der Waals surface area contributed by atoms with Gasteiger partial charge in [0.2, 0.25) is 0 Å². The fourth-order valence-electron chi connectivity index (χ4n) is 3.22. The Morgan fingerprint density at radius 1 is 0.633 bits per heavy atom. The summed E-state index contributed by atoms with van der Waals surface area (Å²) in [4.78, 5) is 23.3. The van der Waals surface area contributed by atoms with Crippen LogP contribution in [-0.2, 0) is 9.59 Å². The van der Waals surface area contributed by atoms with E-state index in [0.29, 0.717) is 12.8 Å². The molecule has 0 bridgehead atoms. The highest BCUT2D eigenvalue weighted by atomic mass is 33.1. The quantitative estimate of drug-likeness (QED) is 0.131. The topological polar surface area (TPSA) is 127 Å². The smallest absolute Gasteiger partial charge is 0.324 e. The monoisotopic (exact) mass is 464 g/mol. The minimum absolute atomic E-state index is 0.245. The molecule has 0 aromatic carbocycles. The maximum absolute atomic E-state index is 11.7. The lowest BCUT2D eigenvalue weighted by atomic mass is 9.95. The third kappa shape index (κ3) is 13.1. The summed E-state index contributed by atoms with van der Waals surface area (Å²) in [6, 6.07) is 0. The second kappa shape index (κ2) is 17.2. The van der Waals surface area contributed by atoms with Crippen molar-refractivity contribution in [1.82, 2.24) is 0 Å². The number of carbonyl (C=O) groups is 2. The van der Waals surface area contributed by atoms with E-state index in [1.54, 1.807) is 0 Å². The van der Waals surface area contributed by atoms with Crippen LogP contribution in [0.1, 0.15) is 104 Å². The van der Waals surface area contributed by atoms with Crippen LogP contribution in [0.2, 0.25) is 0 Å². The summed E-state index contributed by atoms with van der Waals surface area (Å²) in [5.74, 6) is -1.49. The van der Waals surface area contributed by atoms with E-state index in [9.17, 15) is 19.8 Å². The van der Waals surface area contributed by atoms with Gasteiger partial charge in [0.1, 0.15) is 11.1 Å². The van der Waals surface area contributed by atoms with Crippen molar-refractivity contribution in [2.45, 2.75) is 115 Å². The van der Waals surface area contributed by atoms with Crippen LogP contribution in [0.25, 0.3) is 0 Å². The molecule has 0 aromatic rings. The van der Waals surface area contributed by atoms with Crippen molar-refractivity contribution in [2.75, 3.05) is 11.5 Å². The van der Waals surface area contributed by atoms with Crippen LogP contribution in [-0.4, -0.2) is 44.7 Å². The minimum atomic E-state index is -1.28. The molecule has 0 rings (SSSR count). The summed E-state index contributed by atoms with van der Waals surface area (Å²) in [6.45, 7) is 4.33. The highest BCUT2D eigenvalue weighted by Crippen LogP contribution is 2.31. The Kier molecular flexibility index (Phi) is 16.9. The predicted octanol–water partition coefficient (Wildman–Crippen LogP) is 5.43. The minimum Gasteiger partial charge on any atom is -0.480 e. The van der Waals surface area contributed by atoms with E-state index in [2.05, 4.69) is 13.8 Å². The first-order valence-electron chi connectivity index (χ1n) is 11.5. The maximum atomic E-state index is 11.7. The molecular weight excluding hydrogens is 420 g/mol. The molecule has 0 saturated heterocycles. The van der Waals surface area contributed by atoms with Crippen LogP contribution in [0.15, 0.2) is 0 Å². The average Bonchev–Trinajstić information content (AvgIpc) is 2.70. The Morgan fingerprint density at radius 2 is 0.933 bits per heavy atom. The van der Waals surface area contributed by atoms with Gasteiger partial charge in [0.15, 0.2) is 0 Å². The molecule has 0 spiro atoms. The second-order valence-corrected chi connectivity index (χ2v) is 10.9. The lowest BCUT2D eigenvalue weighted by molar-refractivity contribution is -0.143. The molecule has 0 aliphatic rings. The molecule has 6 N–H and O–H groups in total. The summed E-state index contributed by atoms with van der Waals surface area (Å²) >= 11 is 0. The van der Waals surface area contributed by atoms with Crippen LogP contribution in [0.4, 0.5) is 0 Å². The van der Waals surface area contributed by atoms with Crippen molar-refractivity contribution in [3.8, 4) is 0 Å². The summed E-state index contributed by atoms with van der Waals surface area (Å²) in [7, 11) is 2.65. The number of rotatable bonds is 21. The Hall–Kier alpha value is -0.440. The lowest BCUT2D eigenvalue weighted by Crippen LogP contribution is -2.51. The zero-order chi connectivity index (χ0) is 22.9. The number of nitrogens with two attached hydrogens (primary N) is 2. The molecule has 30 heavy (non-hydrogen) atoms. The molecule has 6 nitrogen and oxygen atoms in total. The molecule has 8 heteroatoms. The third-order valence-corrected chi connectivity index (χ3v) is 8.16. The van der Waals surface area contributed by atoms with Gasteiger partial charge in [-0.1, -0.05) is 112 Å². The molecule has 0 radical (unpaired) electrons. The van der Waals surface area contributed by atoms with E-state index in [-0.39, 0.29) is 11.5 Å². The fourth-order valence-corrected chi connectivity index (χ4v) is 6.10. The Bertz CT molecular complexity index is 440. The number of hydrogen-bond donors (Lipinski definition) is 4. The van der Waals surface area contributed by atoms with Crippen LogP contribution >= 0.6 is 21.6 Å². The van der Waals surface area contributed by atoms with E-state index in [4.69, 9.17) is 11.5 Å². The van der Waals surface area contributed by atoms with Gasteiger partial charge in [-0.2, -0.15) is 0 Å². The average molecular weight is 465 g/mol. The molecule has 0 aliphatic carbocycles. The first kappa shape index (κ1) is 29.6. The van der Waals surface area contributed by atoms with Gasteiger partial charge < -0.3 is 21.7 Å². The van der Waals surface area contributed by atoms with Gasteiger partial charge in [-0.3, -0.25) is 9.59 Å². The summed E-state index contributed by atoms with van der Waals surface area (Å²) in [6.07, 6.45) is 13.8. The first-order valence-corrected chi connectivity index (χ1v) is 14.0. The van der Waals surface area contributed by atoms with Gasteiger partial charge in [-0.15, -0.1) is 0 Å². The molecule has 0 saturated carbocycles. The molecule has 0 fully saturated rings. The molecule has 0 heterocycles. The van der Waals surface area contributed by atoms with Crippen molar-refractivity contribution < 1.29 is 19.8 Å². The summed E-state index contributed by atoms with van der Waals surface area (Å²) in [5.41, 5.74) is 9.75. The largest absolute Gasteiger partial charge is 0.480 e. The zero-order valence-corrected chi connectivity index (χ0v) is 20.6. The molecule has 0 aliphatic heterocycles. The van der Waals surface area contributed by atoms with E-state index in [0.717, 1.165) is 38.5 Å². The van der Waals surface area contributed by atoms with Crippen LogP contribution in [0.5, 0.6) is 0 Å². The van der Waals surface area contributed by atoms with E-state index in [1.807, 2.05) is 0 Å². The van der Waals surface area contributed by atoms with Crippen molar-refractivity contribution in [2.24, 2.45) is 11.5 Å². The summed E-state index contributed by atoms with van der Waals surface area (Å²) < 4.78 is 0. The maximum Gasteiger partial charge on any atom is 0.324 e. The van der Waals surface area contributed by atoms with Crippen LogP contribution in [0.3, 0.4) is 0 Å². The molecule has 0 amide bonds. The second-order valence-electron chi connectivity index (χ2n) is 8.48. The van der Waals surface area contributed by atoms with Gasteiger partial charge >= 0.3 is 11.9 Å². The molecule has 2 atom stereocenters. The number of unbranched alkanes of at least 4 members (excludes halogenated alkanes) is 10. The number of carboxylic acids is 2. The van der Waals surface area contributed by atoms with Gasteiger partial charge in [0, 0.05) is 11.5 Å². The first-order chi connectivity index (χ1) is 14.2. The zero-order valence-electron chi connectivity index (χ0n) is 19.0. The Morgan fingerprint density at radius 3 is 1.23 bits per heavy atom. The Balaban J connectivity index is 4.32. The standard InChI is InChI=1S/C22H44N2O4S2/c1-3-5-7-9-11-13-15-21(23,19(25)26)17-29-30-18-22(24,20(27)28)16-14-12-10-8-6-4-2/h3-18,23-24H2,1-2H3,(H,25,26)(H,27,28). The van der Waals surface area contributed by atoms with Crippen LogP contribution in [0, 0.1) is 0 Å². The predicted molar refractivity (Wildman–Crippen MR) is 130 cm³/mol. The number of aliphatic carboxylic acids is 2. The van der Waals surface area contributed by atoms with Gasteiger partial charge in [0.05, 0.1) is 0 Å². The van der Waals surface area contributed by atoms with E-state index >= 15 is 0 Å². The van der Waals surface area contributed by atoms with Crippen molar-refractivity contribution in [3.63, 3.8) is 0 Å². The normalized spacial score (nSPS) is 15.5. The number of hydrogen-bond acceptors (Lipinski definition) is 6. The van der Waals surface area contributed by atoms with Gasteiger partial charge in [0.25, 0.3) is 0 Å². The Labute approximate surface area is 191 Å². The van der Waals surface area contributed by atoms with Crippen LogP contribution < -0.4 is 11.5 Å². The highest BCUT2D eigenvalue weighted by Gasteiger charge is 2.36. The van der Waals surface area contributed by atoms with Crippen molar-refractivity contribution >= 4 is 33.5 Å². The number of carboxylic acid groups (broad SMARTS) is 2. The highest BCUT2D eigenvalue weighted by molar-refractivity contribution is 8.76. The van der Waals surface area contributed by atoms with Crippen molar-refractivity contribution in [3.05, 3.63) is 0 Å². The molecule has 2 unspecified atom stereocenters. The van der Waals surface area contributed by atoms with Gasteiger partial charge in [-0.05, 0) is 12.8 Å². The summed E-state index contributed by atoms with van der Waals surface area (Å²) in [5, 5.41) is 19.1.